The molecule has 1 aliphatic heterocycles. The van der Waals surface area contributed by atoms with Gasteiger partial charge in [-0.1, -0.05) is 48.0 Å². The van der Waals surface area contributed by atoms with E-state index in [9.17, 15) is 14.9 Å². The van der Waals surface area contributed by atoms with Crippen LogP contribution in [0.2, 0.25) is 5.02 Å². The van der Waals surface area contributed by atoms with Crippen LogP contribution in [-0.4, -0.2) is 49.3 Å². The van der Waals surface area contributed by atoms with E-state index >= 15 is 0 Å². The molecule has 1 amide bonds. The zero-order chi connectivity index (χ0) is 23.2. The largest absolute Gasteiger partial charge is 0.320 e. The van der Waals surface area contributed by atoms with Gasteiger partial charge in [-0.25, -0.2) is 0 Å². The van der Waals surface area contributed by atoms with Crippen LogP contribution in [0.5, 0.6) is 0 Å². The van der Waals surface area contributed by atoms with Gasteiger partial charge in [-0.05, 0) is 50.2 Å². The fourth-order valence-electron chi connectivity index (χ4n) is 3.73. The van der Waals surface area contributed by atoms with E-state index in [-0.39, 0.29) is 28.1 Å². The highest BCUT2D eigenvalue weighted by molar-refractivity contribution is 7.99. The van der Waals surface area contributed by atoms with Crippen LogP contribution in [0.15, 0.2) is 53.7 Å². The fourth-order valence-corrected chi connectivity index (χ4v) is 4.67. The number of anilines is 1. The van der Waals surface area contributed by atoms with E-state index in [0.29, 0.717) is 11.7 Å². The van der Waals surface area contributed by atoms with Crippen LogP contribution < -0.4 is 5.32 Å². The lowest BCUT2D eigenvalue weighted by molar-refractivity contribution is -0.383. The second-order valence-electron chi connectivity index (χ2n) is 7.66. The summed E-state index contributed by atoms with van der Waals surface area (Å²) >= 11 is 7.08. The standard InChI is InChI=1S/C22H23ClN6O3S/c23-16-9-10-18(19(13-16)29(31)32)24-21(30)15-33-22-26-25-20(14-27-11-5-2-6-12-27)28(22)17-7-3-1-4-8-17/h1,3-4,7-10,13H,2,5-6,11-12,14-15H2,(H,24,30). The number of hydrogen-bond acceptors (Lipinski definition) is 7. The number of halogens is 1. The summed E-state index contributed by atoms with van der Waals surface area (Å²) in [4.78, 5) is 25.6. The highest BCUT2D eigenvalue weighted by Crippen LogP contribution is 2.29. The number of nitrogens with zero attached hydrogens (tertiary/aromatic N) is 5. The Hall–Kier alpha value is -2.95. The number of likely N-dealkylation sites (tertiary alicyclic amines) is 1. The van der Waals surface area contributed by atoms with Crippen LogP contribution in [-0.2, 0) is 11.3 Å². The van der Waals surface area contributed by atoms with Crippen molar-refractivity contribution in [2.75, 3.05) is 24.2 Å². The molecule has 2 aromatic carbocycles. The number of thioether (sulfide) groups is 1. The maximum Gasteiger partial charge on any atom is 0.294 e. The first kappa shape index (κ1) is 23.2. The molecular formula is C22H23ClN6O3S. The molecule has 9 nitrogen and oxygen atoms in total. The van der Waals surface area contributed by atoms with Crippen LogP contribution in [0, 0.1) is 10.1 Å². The van der Waals surface area contributed by atoms with E-state index < -0.39 is 4.92 Å². The third-order valence-corrected chi connectivity index (χ3v) is 6.46. The molecule has 172 valence electrons. The van der Waals surface area contributed by atoms with Crippen molar-refractivity contribution < 1.29 is 9.72 Å². The zero-order valence-corrected chi connectivity index (χ0v) is 19.4. The molecule has 1 N–H and O–H groups in total. The summed E-state index contributed by atoms with van der Waals surface area (Å²) < 4.78 is 1.97. The average molecular weight is 487 g/mol. The first-order chi connectivity index (χ1) is 16.0. The van der Waals surface area contributed by atoms with E-state index in [1.807, 2.05) is 34.9 Å². The number of nitro groups is 1. The summed E-state index contributed by atoms with van der Waals surface area (Å²) in [5, 5.41) is 23.4. The minimum atomic E-state index is -0.576. The number of para-hydroxylation sites is 1. The fraction of sp³-hybridized carbons (Fsp3) is 0.318. The number of aromatic nitrogens is 3. The van der Waals surface area contributed by atoms with Crippen LogP contribution >= 0.6 is 23.4 Å². The van der Waals surface area contributed by atoms with Gasteiger partial charge in [0.1, 0.15) is 5.69 Å². The minimum absolute atomic E-state index is 0.0223. The van der Waals surface area contributed by atoms with Crippen molar-refractivity contribution in [1.29, 1.82) is 0 Å². The summed E-state index contributed by atoms with van der Waals surface area (Å²) in [6.45, 7) is 2.75. The number of hydrogen-bond donors (Lipinski definition) is 1. The van der Waals surface area contributed by atoms with Gasteiger partial charge < -0.3 is 5.32 Å². The molecular weight excluding hydrogens is 464 g/mol. The smallest absolute Gasteiger partial charge is 0.294 e. The predicted molar refractivity (Wildman–Crippen MR) is 128 cm³/mol. The van der Waals surface area contributed by atoms with Crippen molar-refractivity contribution in [3.63, 3.8) is 0 Å². The number of amides is 1. The molecule has 4 rings (SSSR count). The molecule has 0 saturated carbocycles. The van der Waals surface area contributed by atoms with Crippen LogP contribution in [0.4, 0.5) is 11.4 Å². The maximum atomic E-state index is 12.6. The third-order valence-electron chi connectivity index (χ3n) is 5.29. The van der Waals surface area contributed by atoms with Gasteiger partial charge in [0, 0.05) is 16.8 Å². The Kier molecular flexibility index (Phi) is 7.58. The molecule has 1 aromatic heterocycles. The Labute approximate surface area is 200 Å². The van der Waals surface area contributed by atoms with Gasteiger partial charge in [0.2, 0.25) is 5.91 Å². The third kappa shape index (κ3) is 5.89. The number of nitrogens with one attached hydrogen (secondary N) is 1. The molecule has 0 spiro atoms. The lowest BCUT2D eigenvalue weighted by Gasteiger charge is -2.26. The number of nitro benzene ring substituents is 1. The average Bonchev–Trinajstić information content (AvgIpc) is 3.22. The molecule has 33 heavy (non-hydrogen) atoms. The van der Waals surface area contributed by atoms with Crippen LogP contribution in [0.1, 0.15) is 25.1 Å². The van der Waals surface area contributed by atoms with Crippen molar-refractivity contribution in [2.45, 2.75) is 31.0 Å². The van der Waals surface area contributed by atoms with Crippen LogP contribution in [0.3, 0.4) is 0 Å². The second-order valence-corrected chi connectivity index (χ2v) is 9.04. The Morgan fingerprint density at radius 1 is 1.12 bits per heavy atom. The van der Waals surface area contributed by atoms with Gasteiger partial charge in [-0.2, -0.15) is 0 Å². The van der Waals surface area contributed by atoms with Gasteiger partial charge in [-0.3, -0.25) is 24.4 Å². The summed E-state index contributed by atoms with van der Waals surface area (Å²) in [6.07, 6.45) is 3.61. The number of carbonyl (C=O) groups excluding carboxylic acids is 1. The highest BCUT2D eigenvalue weighted by Gasteiger charge is 2.21. The van der Waals surface area contributed by atoms with E-state index in [1.165, 1.54) is 49.2 Å². The molecule has 1 saturated heterocycles. The van der Waals surface area contributed by atoms with Crippen molar-refractivity contribution >= 4 is 40.6 Å². The topological polar surface area (TPSA) is 106 Å². The summed E-state index contributed by atoms with van der Waals surface area (Å²) in [5.74, 6) is 0.457. The van der Waals surface area contributed by atoms with E-state index in [2.05, 4.69) is 20.4 Å². The van der Waals surface area contributed by atoms with Crippen molar-refractivity contribution in [3.05, 3.63) is 69.5 Å². The van der Waals surface area contributed by atoms with E-state index in [4.69, 9.17) is 11.6 Å². The van der Waals surface area contributed by atoms with Gasteiger partial charge in [-0.15, -0.1) is 10.2 Å². The van der Waals surface area contributed by atoms with Crippen LogP contribution in [0.25, 0.3) is 5.69 Å². The quantitative estimate of drug-likeness (QED) is 0.283. The summed E-state index contributed by atoms with van der Waals surface area (Å²) in [7, 11) is 0. The molecule has 3 aromatic rings. The molecule has 0 unspecified atom stereocenters. The van der Waals surface area contributed by atoms with Crippen molar-refractivity contribution in [1.82, 2.24) is 19.7 Å². The van der Waals surface area contributed by atoms with E-state index in [1.54, 1.807) is 0 Å². The number of carbonyl (C=O) groups is 1. The number of piperidine rings is 1. The monoisotopic (exact) mass is 486 g/mol. The molecule has 2 heterocycles. The van der Waals surface area contributed by atoms with Gasteiger partial charge in [0.25, 0.3) is 5.69 Å². The zero-order valence-electron chi connectivity index (χ0n) is 17.8. The first-order valence-electron chi connectivity index (χ1n) is 10.6. The Morgan fingerprint density at radius 3 is 2.61 bits per heavy atom. The molecule has 1 fully saturated rings. The Balaban J connectivity index is 1.50. The SMILES string of the molecule is O=C(CSc1nnc(CN2CCCCC2)n1-c1ccccc1)Nc1ccc(Cl)cc1[N+](=O)[O-]. The van der Waals surface area contributed by atoms with Crippen molar-refractivity contribution in [3.8, 4) is 5.69 Å². The van der Waals surface area contributed by atoms with Crippen molar-refractivity contribution in [2.24, 2.45) is 0 Å². The second kappa shape index (κ2) is 10.8. The Morgan fingerprint density at radius 2 is 1.88 bits per heavy atom. The molecule has 11 heteroatoms. The molecule has 1 aliphatic rings. The molecule has 0 bridgehead atoms. The Bertz CT molecular complexity index is 1130. The maximum absolute atomic E-state index is 12.6. The van der Waals surface area contributed by atoms with Gasteiger partial charge in [0.15, 0.2) is 11.0 Å². The normalized spacial score (nSPS) is 14.2. The molecule has 0 atom stereocenters. The molecule has 0 aliphatic carbocycles. The molecule has 0 radical (unpaired) electrons. The number of rotatable bonds is 8. The summed E-state index contributed by atoms with van der Waals surface area (Å²) in [6, 6.07) is 13.9. The lowest BCUT2D eigenvalue weighted by Crippen LogP contribution is -2.30. The highest BCUT2D eigenvalue weighted by atomic mass is 35.5. The summed E-state index contributed by atoms with van der Waals surface area (Å²) in [5.41, 5.74) is 0.771. The minimum Gasteiger partial charge on any atom is -0.320 e. The lowest BCUT2D eigenvalue weighted by atomic mass is 10.1. The predicted octanol–water partition coefficient (Wildman–Crippen LogP) is 4.55. The van der Waals surface area contributed by atoms with Gasteiger partial charge in [0.05, 0.1) is 17.2 Å². The first-order valence-corrected chi connectivity index (χ1v) is 12.0. The van der Waals surface area contributed by atoms with E-state index in [0.717, 1.165) is 24.6 Å². The number of benzene rings is 2. The van der Waals surface area contributed by atoms with Gasteiger partial charge >= 0.3 is 0 Å².